The first-order valence-corrected chi connectivity index (χ1v) is 3.95. The molecular weight excluding hydrogens is 187 g/mol. The fraction of sp³-hybridized carbons (Fsp3) is 0.111. The molecule has 2 rings (SSSR count). The van der Waals surface area contributed by atoms with E-state index in [1.165, 1.54) is 18.7 Å². The summed E-state index contributed by atoms with van der Waals surface area (Å²) in [5.41, 5.74) is 0.837. The highest BCUT2D eigenvalue weighted by molar-refractivity contribution is 5.58. The van der Waals surface area contributed by atoms with E-state index in [1.54, 1.807) is 0 Å². The molecule has 0 aliphatic heterocycles. The second kappa shape index (κ2) is 3.55. The molecule has 0 atom stereocenters. The van der Waals surface area contributed by atoms with Gasteiger partial charge in [0.15, 0.2) is 12.2 Å². The molecule has 2 aromatic heterocycles. The van der Waals surface area contributed by atoms with Gasteiger partial charge in [0.05, 0.1) is 12.8 Å². The molecule has 0 bridgehead atoms. The predicted molar refractivity (Wildman–Crippen MR) is 45.6 cm³/mol. The molecule has 0 spiro atoms. The van der Waals surface area contributed by atoms with Gasteiger partial charge >= 0.3 is 0 Å². The summed E-state index contributed by atoms with van der Waals surface area (Å²) >= 11 is 0. The highest BCUT2D eigenvalue weighted by atomic mass is 19.1. The summed E-state index contributed by atoms with van der Waals surface area (Å²) in [4.78, 5) is 7.45. The molecule has 0 aliphatic rings. The summed E-state index contributed by atoms with van der Waals surface area (Å²) in [6, 6.07) is 1.27. The van der Waals surface area contributed by atoms with Crippen LogP contribution in [0.5, 0.6) is 0 Å². The lowest BCUT2D eigenvalue weighted by atomic mass is 10.2. The Morgan fingerprint density at radius 1 is 1.43 bits per heavy atom. The third-order valence-corrected chi connectivity index (χ3v) is 1.76. The van der Waals surface area contributed by atoms with E-state index in [-0.39, 0.29) is 6.61 Å². The zero-order chi connectivity index (χ0) is 9.97. The molecule has 0 radical (unpaired) electrons. The first-order chi connectivity index (χ1) is 6.81. The molecule has 72 valence electrons. The van der Waals surface area contributed by atoms with Crippen LogP contribution < -0.4 is 0 Å². The molecule has 4 nitrogen and oxygen atoms in total. The minimum absolute atomic E-state index is 0.248. The third-order valence-electron chi connectivity index (χ3n) is 1.76. The Morgan fingerprint density at radius 3 is 3.00 bits per heavy atom. The quantitative estimate of drug-likeness (QED) is 0.784. The van der Waals surface area contributed by atoms with Crippen molar-refractivity contribution in [3.8, 4) is 11.3 Å². The molecule has 1 N–H and O–H groups in total. The number of aromatic nitrogens is 2. The monoisotopic (exact) mass is 194 g/mol. The molecular formula is C9H7FN2O2. The molecule has 14 heavy (non-hydrogen) atoms. The minimum Gasteiger partial charge on any atom is -0.443 e. The summed E-state index contributed by atoms with van der Waals surface area (Å²) in [5.74, 6) is -0.109. The molecule has 0 aliphatic carbocycles. The highest BCUT2D eigenvalue weighted by Gasteiger charge is 2.10. The van der Waals surface area contributed by atoms with Crippen LogP contribution in [0.15, 0.2) is 29.3 Å². The number of aliphatic hydroxyl groups excluding tert-OH is 1. The Labute approximate surface area is 79.0 Å². The van der Waals surface area contributed by atoms with E-state index >= 15 is 0 Å². The van der Waals surface area contributed by atoms with Crippen LogP contribution >= 0.6 is 0 Å². The number of pyridine rings is 1. The van der Waals surface area contributed by atoms with Gasteiger partial charge in [0.2, 0.25) is 0 Å². The summed E-state index contributed by atoms with van der Waals surface area (Å²) in [6.07, 6.45) is 3.74. The van der Waals surface area contributed by atoms with Gasteiger partial charge in [-0.3, -0.25) is 4.98 Å². The van der Waals surface area contributed by atoms with Crippen LogP contribution in [0.3, 0.4) is 0 Å². The van der Waals surface area contributed by atoms with E-state index in [0.717, 1.165) is 6.20 Å². The van der Waals surface area contributed by atoms with Gasteiger partial charge < -0.3 is 9.52 Å². The lowest BCUT2D eigenvalue weighted by Gasteiger charge is -1.97. The maximum Gasteiger partial charge on any atom is 0.181 e. The fourth-order valence-corrected chi connectivity index (χ4v) is 1.15. The second-order valence-corrected chi connectivity index (χ2v) is 2.68. The lowest BCUT2D eigenvalue weighted by Crippen LogP contribution is -1.88. The second-order valence-electron chi connectivity index (χ2n) is 2.68. The van der Waals surface area contributed by atoms with Gasteiger partial charge in [-0.25, -0.2) is 9.37 Å². The highest BCUT2D eigenvalue weighted by Crippen LogP contribution is 2.22. The topological polar surface area (TPSA) is 59.2 Å². The van der Waals surface area contributed by atoms with Gasteiger partial charge in [0, 0.05) is 11.8 Å². The van der Waals surface area contributed by atoms with Crippen LogP contribution in [0.25, 0.3) is 11.3 Å². The first-order valence-electron chi connectivity index (χ1n) is 3.95. The van der Waals surface area contributed by atoms with Crippen LogP contribution in [0.2, 0.25) is 0 Å². The molecule has 0 aromatic carbocycles. The smallest absolute Gasteiger partial charge is 0.181 e. The van der Waals surface area contributed by atoms with E-state index in [9.17, 15) is 4.39 Å². The van der Waals surface area contributed by atoms with E-state index in [0.29, 0.717) is 17.0 Å². The van der Waals surface area contributed by atoms with Crippen LogP contribution in [-0.2, 0) is 6.61 Å². The third kappa shape index (κ3) is 1.49. The average molecular weight is 194 g/mol. The number of oxazole rings is 1. The van der Waals surface area contributed by atoms with Gasteiger partial charge in [0.25, 0.3) is 0 Å². The van der Waals surface area contributed by atoms with Gasteiger partial charge in [-0.15, -0.1) is 0 Å². The van der Waals surface area contributed by atoms with Gasteiger partial charge in [-0.05, 0) is 6.07 Å². The Kier molecular flexibility index (Phi) is 2.24. The summed E-state index contributed by atoms with van der Waals surface area (Å²) in [6.45, 7) is -0.248. The van der Waals surface area contributed by atoms with Crippen molar-refractivity contribution in [2.75, 3.05) is 0 Å². The molecule has 0 fully saturated rings. The SMILES string of the molecule is OCc1ncoc1-c1cncc(F)c1. The number of hydrogen-bond acceptors (Lipinski definition) is 4. The Hall–Kier alpha value is -1.75. The maximum atomic E-state index is 12.8. The van der Waals surface area contributed by atoms with E-state index < -0.39 is 5.82 Å². The van der Waals surface area contributed by atoms with Crippen LogP contribution in [0.4, 0.5) is 4.39 Å². The van der Waals surface area contributed by atoms with Gasteiger partial charge in [-0.2, -0.15) is 0 Å². The Balaban J connectivity index is 2.49. The average Bonchev–Trinajstić information content (AvgIpc) is 2.65. The van der Waals surface area contributed by atoms with Crippen molar-refractivity contribution in [1.29, 1.82) is 0 Å². The van der Waals surface area contributed by atoms with Crippen molar-refractivity contribution < 1.29 is 13.9 Å². The van der Waals surface area contributed by atoms with Gasteiger partial charge in [-0.1, -0.05) is 0 Å². The van der Waals surface area contributed by atoms with Gasteiger partial charge in [0.1, 0.15) is 11.5 Å². The standard InChI is InChI=1S/C9H7FN2O2/c10-7-1-6(2-11-3-7)9-8(4-13)12-5-14-9/h1-3,5,13H,4H2. The Bertz CT molecular complexity index is 442. The maximum absolute atomic E-state index is 12.8. The summed E-state index contributed by atoms with van der Waals surface area (Å²) in [5, 5.41) is 8.90. The lowest BCUT2D eigenvalue weighted by molar-refractivity contribution is 0.277. The summed E-state index contributed by atoms with van der Waals surface area (Å²) < 4.78 is 17.8. The van der Waals surface area contributed by atoms with Crippen LogP contribution in [0, 0.1) is 5.82 Å². The van der Waals surface area contributed by atoms with Crippen molar-refractivity contribution in [3.05, 3.63) is 36.4 Å². The predicted octanol–water partition coefficient (Wildman–Crippen LogP) is 1.37. The first kappa shape index (κ1) is 8.83. The molecule has 2 aromatic rings. The molecule has 2 heterocycles. The number of rotatable bonds is 2. The number of nitrogens with zero attached hydrogens (tertiary/aromatic N) is 2. The van der Waals surface area contributed by atoms with Crippen molar-refractivity contribution >= 4 is 0 Å². The molecule has 0 amide bonds. The van der Waals surface area contributed by atoms with E-state index in [1.807, 2.05) is 0 Å². The van der Waals surface area contributed by atoms with Crippen LogP contribution in [0.1, 0.15) is 5.69 Å². The number of hydrogen-bond donors (Lipinski definition) is 1. The minimum atomic E-state index is -0.456. The van der Waals surface area contributed by atoms with Crippen molar-refractivity contribution in [3.63, 3.8) is 0 Å². The fourth-order valence-electron chi connectivity index (χ4n) is 1.15. The largest absolute Gasteiger partial charge is 0.443 e. The van der Waals surface area contributed by atoms with E-state index in [4.69, 9.17) is 9.52 Å². The Morgan fingerprint density at radius 2 is 2.29 bits per heavy atom. The van der Waals surface area contributed by atoms with E-state index in [2.05, 4.69) is 9.97 Å². The van der Waals surface area contributed by atoms with Crippen LogP contribution in [-0.4, -0.2) is 15.1 Å². The van der Waals surface area contributed by atoms with Crippen molar-refractivity contribution in [2.24, 2.45) is 0 Å². The summed E-state index contributed by atoms with van der Waals surface area (Å²) in [7, 11) is 0. The zero-order valence-corrected chi connectivity index (χ0v) is 7.14. The molecule has 5 heteroatoms. The van der Waals surface area contributed by atoms with Crippen molar-refractivity contribution in [1.82, 2.24) is 9.97 Å². The normalized spacial score (nSPS) is 10.4. The molecule has 0 saturated carbocycles. The number of halogens is 1. The molecule has 0 unspecified atom stereocenters. The van der Waals surface area contributed by atoms with Crippen molar-refractivity contribution in [2.45, 2.75) is 6.61 Å². The zero-order valence-electron chi connectivity index (χ0n) is 7.14. The number of aliphatic hydroxyl groups is 1. The molecule has 0 saturated heterocycles.